The minimum absolute atomic E-state index is 0.167. The quantitative estimate of drug-likeness (QED) is 0.627. The summed E-state index contributed by atoms with van der Waals surface area (Å²) >= 11 is 0. The normalized spacial score (nSPS) is 22.2. The van der Waals surface area contributed by atoms with Crippen LogP contribution in [-0.4, -0.2) is 49.8 Å². The Morgan fingerprint density at radius 1 is 1.12 bits per heavy atom. The van der Waals surface area contributed by atoms with Gasteiger partial charge in [0.15, 0.2) is 0 Å². The Balaban J connectivity index is 0.000000647. The van der Waals surface area contributed by atoms with Crippen LogP contribution >= 0.6 is 0 Å². The third-order valence-corrected chi connectivity index (χ3v) is 5.49. The Morgan fingerprint density at radius 2 is 1.79 bits per heavy atom. The van der Waals surface area contributed by atoms with E-state index in [2.05, 4.69) is 20.8 Å². The molecule has 3 fully saturated rings. The van der Waals surface area contributed by atoms with Gasteiger partial charge in [-0.15, -0.1) is 0 Å². The second-order valence-electron chi connectivity index (χ2n) is 7.97. The summed E-state index contributed by atoms with van der Waals surface area (Å²) in [4.78, 5) is 13.9. The van der Waals surface area contributed by atoms with Crippen LogP contribution < -0.4 is 0 Å². The maximum absolute atomic E-state index is 12.0. The summed E-state index contributed by atoms with van der Waals surface area (Å²) in [6, 6.07) is 0. The van der Waals surface area contributed by atoms with E-state index in [1.165, 1.54) is 44.9 Å². The lowest BCUT2D eigenvalue weighted by Crippen LogP contribution is -2.64. The summed E-state index contributed by atoms with van der Waals surface area (Å²) in [6.45, 7) is 10.1. The van der Waals surface area contributed by atoms with Crippen molar-refractivity contribution in [2.75, 3.05) is 32.9 Å². The summed E-state index contributed by atoms with van der Waals surface area (Å²) in [5, 5.41) is 0. The van der Waals surface area contributed by atoms with Gasteiger partial charge in [0.2, 0.25) is 5.91 Å². The number of hydrogen-bond donors (Lipinski definition) is 0. The number of carbonyl (C=O) groups is 1. The van der Waals surface area contributed by atoms with E-state index in [1.54, 1.807) is 0 Å². The van der Waals surface area contributed by atoms with Crippen molar-refractivity contribution < 1.29 is 14.3 Å². The summed E-state index contributed by atoms with van der Waals surface area (Å²) in [5.41, 5.74) is 0.493. The Labute approximate surface area is 148 Å². The molecule has 2 aliphatic carbocycles. The molecule has 0 N–H and O–H groups in total. The lowest BCUT2D eigenvalue weighted by atomic mass is 9.57. The van der Waals surface area contributed by atoms with Gasteiger partial charge in [-0.1, -0.05) is 33.6 Å². The predicted molar refractivity (Wildman–Crippen MR) is 97.0 cm³/mol. The minimum atomic E-state index is 0.167. The maximum Gasteiger partial charge on any atom is 0.248 e. The van der Waals surface area contributed by atoms with Crippen molar-refractivity contribution in [2.45, 2.75) is 78.2 Å². The molecule has 4 nitrogen and oxygen atoms in total. The van der Waals surface area contributed by atoms with Gasteiger partial charge in [0.05, 0.1) is 6.10 Å². The second-order valence-corrected chi connectivity index (χ2v) is 7.97. The van der Waals surface area contributed by atoms with E-state index < -0.39 is 0 Å². The second kappa shape index (κ2) is 9.76. The lowest BCUT2D eigenvalue weighted by molar-refractivity contribution is -0.159. The average Bonchev–Trinajstić information content (AvgIpc) is 2.42. The lowest BCUT2D eigenvalue weighted by Gasteiger charge is -2.59. The highest BCUT2D eigenvalue weighted by Gasteiger charge is 2.52. The van der Waals surface area contributed by atoms with Crippen LogP contribution in [0, 0.1) is 11.3 Å². The zero-order valence-electron chi connectivity index (χ0n) is 16.0. The van der Waals surface area contributed by atoms with E-state index in [9.17, 15) is 4.79 Å². The van der Waals surface area contributed by atoms with Crippen molar-refractivity contribution in [3.8, 4) is 0 Å². The molecule has 0 radical (unpaired) electrons. The molecule has 2 saturated carbocycles. The largest absolute Gasteiger partial charge is 0.378 e. The van der Waals surface area contributed by atoms with Gasteiger partial charge < -0.3 is 14.4 Å². The molecule has 0 unspecified atom stereocenters. The van der Waals surface area contributed by atoms with Gasteiger partial charge >= 0.3 is 0 Å². The topological polar surface area (TPSA) is 38.8 Å². The van der Waals surface area contributed by atoms with Gasteiger partial charge in [-0.25, -0.2) is 0 Å². The van der Waals surface area contributed by atoms with Crippen LogP contribution in [0.5, 0.6) is 0 Å². The van der Waals surface area contributed by atoms with Crippen LogP contribution in [0.4, 0.5) is 0 Å². The van der Waals surface area contributed by atoms with Crippen molar-refractivity contribution in [1.29, 1.82) is 0 Å². The van der Waals surface area contributed by atoms with Gasteiger partial charge in [0.1, 0.15) is 6.61 Å². The maximum atomic E-state index is 12.0. The smallest absolute Gasteiger partial charge is 0.248 e. The van der Waals surface area contributed by atoms with E-state index in [1.807, 2.05) is 4.90 Å². The number of likely N-dealkylation sites (tertiary alicyclic amines) is 1. The number of ether oxygens (including phenoxy) is 2. The monoisotopic (exact) mass is 339 g/mol. The van der Waals surface area contributed by atoms with Crippen LogP contribution in [0.3, 0.4) is 0 Å². The van der Waals surface area contributed by atoms with Crippen molar-refractivity contribution in [3.05, 3.63) is 0 Å². The standard InChI is InChI=1S/C17H29NO3.C3H8/c1-2-14-9-17(10-14)12-18(13-17)16(19)11-20-7-4-8-21-15-5-3-6-15;1-3-2/h14-15H,2-13H2,1H3;3H2,1-2H3. The zero-order chi connectivity index (χ0) is 17.4. The molecule has 0 aromatic carbocycles. The fourth-order valence-electron chi connectivity index (χ4n) is 3.85. The van der Waals surface area contributed by atoms with E-state index in [0.717, 1.165) is 32.0 Å². The Morgan fingerprint density at radius 3 is 2.33 bits per heavy atom. The first kappa shape index (κ1) is 19.7. The van der Waals surface area contributed by atoms with E-state index >= 15 is 0 Å². The molecule has 1 amide bonds. The highest BCUT2D eigenvalue weighted by atomic mass is 16.5. The van der Waals surface area contributed by atoms with Crippen molar-refractivity contribution >= 4 is 5.91 Å². The summed E-state index contributed by atoms with van der Waals surface area (Å²) in [7, 11) is 0. The van der Waals surface area contributed by atoms with E-state index in [4.69, 9.17) is 9.47 Å². The van der Waals surface area contributed by atoms with Gasteiger partial charge in [0.25, 0.3) is 0 Å². The number of hydrogen-bond acceptors (Lipinski definition) is 3. The molecular weight excluding hydrogens is 302 g/mol. The first-order valence-electron chi connectivity index (χ1n) is 10.1. The third-order valence-electron chi connectivity index (χ3n) is 5.49. The summed E-state index contributed by atoms with van der Waals surface area (Å²) < 4.78 is 11.1. The molecule has 0 aromatic rings. The first-order chi connectivity index (χ1) is 11.6. The molecule has 1 spiro atoms. The molecule has 0 aromatic heterocycles. The molecule has 3 aliphatic rings. The number of rotatable bonds is 8. The molecule has 140 valence electrons. The SMILES string of the molecule is CCC.CCC1CC2(C1)CN(C(=O)COCCCOC1CCC1)C2. The highest BCUT2D eigenvalue weighted by molar-refractivity contribution is 5.78. The minimum Gasteiger partial charge on any atom is -0.378 e. The molecule has 1 aliphatic heterocycles. The van der Waals surface area contributed by atoms with Crippen LogP contribution in [0.2, 0.25) is 0 Å². The highest BCUT2D eigenvalue weighted by Crippen LogP contribution is 2.52. The van der Waals surface area contributed by atoms with Crippen LogP contribution in [0.25, 0.3) is 0 Å². The van der Waals surface area contributed by atoms with Crippen LogP contribution in [0.1, 0.15) is 72.1 Å². The number of carbonyl (C=O) groups excluding carboxylic acids is 1. The van der Waals surface area contributed by atoms with Gasteiger partial charge in [-0.3, -0.25) is 4.79 Å². The molecule has 4 heteroatoms. The first-order valence-corrected chi connectivity index (χ1v) is 10.1. The fraction of sp³-hybridized carbons (Fsp3) is 0.950. The average molecular weight is 340 g/mol. The van der Waals surface area contributed by atoms with Gasteiger partial charge in [-0.05, 0) is 44.4 Å². The predicted octanol–water partition coefficient (Wildman–Crippen LogP) is 4.03. The van der Waals surface area contributed by atoms with E-state index in [-0.39, 0.29) is 12.5 Å². The molecule has 24 heavy (non-hydrogen) atoms. The molecule has 1 heterocycles. The van der Waals surface area contributed by atoms with E-state index in [0.29, 0.717) is 18.1 Å². The van der Waals surface area contributed by atoms with Gasteiger partial charge in [0, 0.05) is 31.7 Å². The Bertz CT molecular complexity index is 367. The third kappa shape index (κ3) is 5.45. The Hall–Kier alpha value is -0.610. The molecule has 0 bridgehead atoms. The van der Waals surface area contributed by atoms with Crippen LogP contribution in [0.15, 0.2) is 0 Å². The van der Waals surface area contributed by atoms with Crippen molar-refractivity contribution in [3.63, 3.8) is 0 Å². The molecule has 1 saturated heterocycles. The van der Waals surface area contributed by atoms with Crippen molar-refractivity contribution in [1.82, 2.24) is 4.90 Å². The van der Waals surface area contributed by atoms with Crippen molar-refractivity contribution in [2.24, 2.45) is 11.3 Å². The zero-order valence-corrected chi connectivity index (χ0v) is 16.0. The molecular formula is C20H37NO3. The summed E-state index contributed by atoms with van der Waals surface area (Å²) in [5.74, 6) is 1.08. The fourth-order valence-corrected chi connectivity index (χ4v) is 3.85. The Kier molecular flexibility index (Phi) is 8.02. The van der Waals surface area contributed by atoms with Crippen LogP contribution in [-0.2, 0) is 14.3 Å². The van der Waals surface area contributed by atoms with Gasteiger partial charge in [-0.2, -0.15) is 0 Å². The number of amides is 1. The molecule has 0 atom stereocenters. The molecule has 3 rings (SSSR count). The number of nitrogens with zero attached hydrogens (tertiary/aromatic N) is 1. The summed E-state index contributed by atoms with van der Waals surface area (Å²) in [6.07, 6.45) is 10.3.